The zero-order valence-corrected chi connectivity index (χ0v) is 14.4. The topological polar surface area (TPSA) is 94.2 Å². The molecule has 2 aromatic rings. The summed E-state index contributed by atoms with van der Waals surface area (Å²) < 4.78 is 1.60. The third-order valence-electron chi connectivity index (χ3n) is 3.98. The van der Waals surface area contributed by atoms with Crippen LogP contribution in [0.5, 0.6) is 0 Å². The van der Waals surface area contributed by atoms with E-state index in [1.807, 2.05) is 6.20 Å². The minimum atomic E-state index is -0.963. The molecule has 0 aliphatic rings. The van der Waals surface area contributed by atoms with Gasteiger partial charge in [0.25, 0.3) is 5.91 Å². The van der Waals surface area contributed by atoms with Crippen LogP contribution in [0.3, 0.4) is 0 Å². The number of aliphatic hydroxyl groups excluding tert-OH is 2. The molecule has 0 aliphatic heterocycles. The Bertz CT molecular complexity index is 683. The van der Waals surface area contributed by atoms with Crippen LogP contribution in [-0.2, 0) is 6.54 Å². The first-order chi connectivity index (χ1) is 11.5. The minimum absolute atomic E-state index is 0.0483. The second-order valence-electron chi connectivity index (χ2n) is 5.77. The molecule has 0 bridgehead atoms. The van der Waals surface area contributed by atoms with Crippen molar-refractivity contribution in [2.45, 2.75) is 26.5 Å². The maximum absolute atomic E-state index is 12.5. The Morgan fingerprint density at radius 1 is 1.33 bits per heavy atom. The molecule has 132 valence electrons. The van der Waals surface area contributed by atoms with Gasteiger partial charge in [-0.25, -0.2) is 9.50 Å². The van der Waals surface area contributed by atoms with Crippen molar-refractivity contribution in [2.75, 3.05) is 33.3 Å². The molecule has 1 atom stereocenters. The molecule has 0 fully saturated rings. The van der Waals surface area contributed by atoms with E-state index in [2.05, 4.69) is 28.8 Å². The highest BCUT2D eigenvalue weighted by molar-refractivity contribution is 5.99. The highest BCUT2D eigenvalue weighted by atomic mass is 16.3. The van der Waals surface area contributed by atoms with E-state index >= 15 is 0 Å². The molecule has 2 rings (SSSR count). The summed E-state index contributed by atoms with van der Waals surface area (Å²) in [6.07, 6.45) is 4.15. The molecule has 2 aromatic heterocycles. The number of aliphatic hydroxyl groups is 2. The molecule has 24 heavy (non-hydrogen) atoms. The molecule has 0 saturated carbocycles. The van der Waals surface area contributed by atoms with Gasteiger partial charge in [-0.05, 0) is 13.1 Å². The smallest absolute Gasteiger partial charge is 0.259 e. The number of carbonyl (C=O) groups excluding carboxylic acids is 1. The number of nitrogens with zero attached hydrogens (tertiary/aromatic N) is 5. The Morgan fingerprint density at radius 2 is 2.04 bits per heavy atom. The van der Waals surface area contributed by atoms with Gasteiger partial charge in [0.2, 0.25) is 0 Å². The van der Waals surface area contributed by atoms with Crippen LogP contribution in [-0.4, -0.2) is 79.9 Å². The molecule has 0 saturated heterocycles. The van der Waals surface area contributed by atoms with Gasteiger partial charge in [-0.15, -0.1) is 0 Å². The molecule has 0 unspecified atom stereocenters. The van der Waals surface area contributed by atoms with Gasteiger partial charge in [0.1, 0.15) is 5.56 Å². The molecule has 8 heteroatoms. The van der Waals surface area contributed by atoms with Crippen LogP contribution in [0.15, 0.2) is 18.6 Å². The van der Waals surface area contributed by atoms with Gasteiger partial charge < -0.3 is 15.1 Å². The summed E-state index contributed by atoms with van der Waals surface area (Å²) in [5, 5.41) is 22.6. The number of rotatable bonds is 8. The number of amides is 1. The molecule has 8 nitrogen and oxygen atoms in total. The maximum Gasteiger partial charge on any atom is 0.259 e. The lowest BCUT2D eigenvalue weighted by Gasteiger charge is -2.19. The van der Waals surface area contributed by atoms with Gasteiger partial charge >= 0.3 is 0 Å². The Hall–Kier alpha value is -2.03. The van der Waals surface area contributed by atoms with Crippen molar-refractivity contribution in [2.24, 2.45) is 0 Å². The SMILES string of the molecule is CCN(CC)Cc1cnc2c(C(=O)N(C)C[C@@H](O)CO)cnn2c1. The summed E-state index contributed by atoms with van der Waals surface area (Å²) in [4.78, 5) is 20.5. The number of fused-ring (bicyclic) bond motifs is 1. The van der Waals surface area contributed by atoms with Crippen LogP contribution in [0.2, 0.25) is 0 Å². The summed E-state index contributed by atoms with van der Waals surface area (Å²) >= 11 is 0. The zero-order chi connectivity index (χ0) is 17.7. The lowest BCUT2D eigenvalue weighted by atomic mass is 10.2. The lowest BCUT2D eigenvalue weighted by Crippen LogP contribution is -2.35. The first-order valence-corrected chi connectivity index (χ1v) is 8.09. The fraction of sp³-hybridized carbons (Fsp3) is 0.562. The summed E-state index contributed by atoms with van der Waals surface area (Å²) in [5.74, 6) is -0.290. The van der Waals surface area contributed by atoms with E-state index < -0.39 is 6.10 Å². The zero-order valence-electron chi connectivity index (χ0n) is 14.4. The fourth-order valence-corrected chi connectivity index (χ4v) is 2.51. The van der Waals surface area contributed by atoms with Crippen LogP contribution in [0.25, 0.3) is 5.65 Å². The Morgan fingerprint density at radius 3 is 2.67 bits per heavy atom. The van der Waals surface area contributed by atoms with E-state index in [0.717, 1.165) is 25.2 Å². The van der Waals surface area contributed by atoms with E-state index in [9.17, 15) is 9.90 Å². The van der Waals surface area contributed by atoms with Crippen LogP contribution in [0.4, 0.5) is 0 Å². The average molecular weight is 335 g/mol. The molecule has 0 aliphatic carbocycles. The predicted octanol–water partition coefficient (Wildman–Crippen LogP) is -0.00370. The van der Waals surface area contributed by atoms with Crippen molar-refractivity contribution in [3.05, 3.63) is 29.7 Å². The van der Waals surface area contributed by atoms with Gasteiger partial charge in [0.05, 0.1) is 18.9 Å². The quantitative estimate of drug-likeness (QED) is 0.705. The molecule has 1 amide bonds. The van der Waals surface area contributed by atoms with Crippen molar-refractivity contribution in [1.82, 2.24) is 24.4 Å². The number of hydrogen-bond acceptors (Lipinski definition) is 6. The standard InChI is InChI=1S/C16H25N5O3/c1-4-20(5-2)8-12-6-17-15-14(7-18-21(15)9-12)16(24)19(3)10-13(23)11-22/h6-7,9,13,22-23H,4-5,8,10-11H2,1-3H3/t13-/m1/s1. The minimum Gasteiger partial charge on any atom is -0.394 e. The highest BCUT2D eigenvalue weighted by Crippen LogP contribution is 2.12. The van der Waals surface area contributed by atoms with Gasteiger partial charge in [-0.3, -0.25) is 9.69 Å². The van der Waals surface area contributed by atoms with Crippen LogP contribution in [0.1, 0.15) is 29.8 Å². The summed E-state index contributed by atoms with van der Waals surface area (Å²) in [7, 11) is 1.57. The predicted molar refractivity (Wildman–Crippen MR) is 89.7 cm³/mol. The molecule has 0 spiro atoms. The lowest BCUT2D eigenvalue weighted by molar-refractivity contribution is 0.0521. The second-order valence-corrected chi connectivity index (χ2v) is 5.77. The second kappa shape index (κ2) is 8.18. The van der Waals surface area contributed by atoms with E-state index in [0.29, 0.717) is 11.2 Å². The van der Waals surface area contributed by atoms with Gasteiger partial charge in [-0.2, -0.15) is 5.10 Å². The van der Waals surface area contributed by atoms with E-state index in [1.54, 1.807) is 17.8 Å². The molecular formula is C16H25N5O3. The fourth-order valence-electron chi connectivity index (χ4n) is 2.51. The third kappa shape index (κ3) is 4.08. The highest BCUT2D eigenvalue weighted by Gasteiger charge is 2.20. The largest absolute Gasteiger partial charge is 0.394 e. The summed E-state index contributed by atoms with van der Waals surface area (Å²) in [6, 6.07) is 0. The number of aromatic nitrogens is 3. The first kappa shape index (κ1) is 18.3. The monoisotopic (exact) mass is 335 g/mol. The summed E-state index contributed by atoms with van der Waals surface area (Å²) in [5.41, 5.74) is 1.88. The van der Waals surface area contributed by atoms with E-state index in [1.165, 1.54) is 11.1 Å². The van der Waals surface area contributed by atoms with Gasteiger partial charge in [0.15, 0.2) is 5.65 Å². The van der Waals surface area contributed by atoms with Crippen molar-refractivity contribution in [3.63, 3.8) is 0 Å². The van der Waals surface area contributed by atoms with Crippen LogP contribution in [0, 0.1) is 0 Å². The van der Waals surface area contributed by atoms with Gasteiger partial charge in [0, 0.05) is 38.1 Å². The molecule has 0 radical (unpaired) electrons. The first-order valence-electron chi connectivity index (χ1n) is 8.09. The normalized spacial score (nSPS) is 12.8. The van der Waals surface area contributed by atoms with E-state index in [-0.39, 0.29) is 19.1 Å². The summed E-state index contributed by atoms with van der Waals surface area (Å²) in [6.45, 7) is 6.56. The number of hydrogen-bond donors (Lipinski definition) is 2. The van der Waals surface area contributed by atoms with Crippen molar-refractivity contribution in [1.29, 1.82) is 0 Å². The van der Waals surface area contributed by atoms with E-state index in [4.69, 9.17) is 5.11 Å². The van der Waals surface area contributed by atoms with Gasteiger partial charge in [-0.1, -0.05) is 13.8 Å². The average Bonchev–Trinajstić information content (AvgIpc) is 3.01. The molecular weight excluding hydrogens is 310 g/mol. The number of likely N-dealkylation sites (N-methyl/N-ethyl adjacent to an activating group) is 1. The molecule has 2 heterocycles. The Balaban J connectivity index is 2.20. The Kier molecular flexibility index (Phi) is 6.24. The van der Waals surface area contributed by atoms with Crippen LogP contribution < -0.4 is 0 Å². The Labute approximate surface area is 141 Å². The van der Waals surface area contributed by atoms with Crippen molar-refractivity contribution in [3.8, 4) is 0 Å². The van der Waals surface area contributed by atoms with Crippen molar-refractivity contribution >= 4 is 11.6 Å². The van der Waals surface area contributed by atoms with Crippen LogP contribution >= 0.6 is 0 Å². The maximum atomic E-state index is 12.5. The number of carbonyl (C=O) groups is 1. The molecule has 0 aromatic carbocycles. The third-order valence-corrected chi connectivity index (χ3v) is 3.98. The van der Waals surface area contributed by atoms with Crippen molar-refractivity contribution < 1.29 is 15.0 Å². The molecule has 2 N–H and O–H groups in total.